The molecule has 0 unspecified atom stereocenters. The minimum atomic E-state index is -0.372. The highest BCUT2D eigenvalue weighted by atomic mass is 35.5. The van der Waals surface area contributed by atoms with Gasteiger partial charge in [-0.1, -0.05) is 17.7 Å². The van der Waals surface area contributed by atoms with E-state index < -0.39 is 0 Å². The smallest absolute Gasteiger partial charge is 0.213 e. The van der Waals surface area contributed by atoms with Gasteiger partial charge in [-0.05, 0) is 24.3 Å². The molecule has 2 rings (SSSR count). The van der Waals surface area contributed by atoms with E-state index in [2.05, 4.69) is 10.3 Å². The molecule has 0 aliphatic rings. The standard InChI is InChI=1S/C13H12ClFN2O/c1-18-13-4-2-3-11(17-13)8-16-12-6-9(14)5-10(15)7-12/h2-7,16H,8H2,1H3. The van der Waals surface area contributed by atoms with Crippen molar-refractivity contribution in [3.63, 3.8) is 0 Å². The Morgan fingerprint density at radius 2 is 2.17 bits per heavy atom. The molecule has 2 aromatic rings. The van der Waals surface area contributed by atoms with Crippen LogP contribution in [0.3, 0.4) is 0 Å². The lowest BCUT2D eigenvalue weighted by Gasteiger charge is -2.07. The Balaban J connectivity index is 2.06. The fourth-order valence-corrected chi connectivity index (χ4v) is 1.74. The third kappa shape index (κ3) is 3.34. The first-order valence-electron chi connectivity index (χ1n) is 5.37. The zero-order valence-electron chi connectivity index (χ0n) is 9.78. The van der Waals surface area contributed by atoms with Gasteiger partial charge in [-0.15, -0.1) is 0 Å². The van der Waals surface area contributed by atoms with Gasteiger partial charge in [-0.25, -0.2) is 9.37 Å². The van der Waals surface area contributed by atoms with Crippen molar-refractivity contribution in [1.29, 1.82) is 0 Å². The van der Waals surface area contributed by atoms with E-state index in [1.54, 1.807) is 19.2 Å². The molecule has 1 heterocycles. The van der Waals surface area contributed by atoms with Gasteiger partial charge in [0.2, 0.25) is 5.88 Å². The van der Waals surface area contributed by atoms with Gasteiger partial charge < -0.3 is 10.1 Å². The second kappa shape index (κ2) is 5.69. The van der Waals surface area contributed by atoms with E-state index >= 15 is 0 Å². The van der Waals surface area contributed by atoms with Crippen LogP contribution in [-0.4, -0.2) is 12.1 Å². The van der Waals surface area contributed by atoms with Crippen LogP contribution in [0.4, 0.5) is 10.1 Å². The van der Waals surface area contributed by atoms with Crippen molar-refractivity contribution in [2.45, 2.75) is 6.54 Å². The first-order valence-corrected chi connectivity index (χ1v) is 5.75. The molecular weight excluding hydrogens is 255 g/mol. The van der Waals surface area contributed by atoms with Gasteiger partial charge in [0.05, 0.1) is 19.3 Å². The summed E-state index contributed by atoms with van der Waals surface area (Å²) in [5.41, 5.74) is 1.42. The number of pyridine rings is 1. The number of rotatable bonds is 4. The number of ether oxygens (including phenoxy) is 1. The molecule has 5 heteroatoms. The topological polar surface area (TPSA) is 34.1 Å². The van der Waals surface area contributed by atoms with E-state index in [9.17, 15) is 4.39 Å². The van der Waals surface area contributed by atoms with Crippen LogP contribution in [0.5, 0.6) is 5.88 Å². The fourth-order valence-electron chi connectivity index (χ4n) is 1.52. The SMILES string of the molecule is COc1cccc(CNc2cc(F)cc(Cl)c2)n1. The number of methoxy groups -OCH3 is 1. The molecule has 0 spiro atoms. The third-order valence-electron chi connectivity index (χ3n) is 2.33. The summed E-state index contributed by atoms with van der Waals surface area (Å²) in [4.78, 5) is 4.24. The normalized spacial score (nSPS) is 10.2. The molecule has 1 N–H and O–H groups in total. The van der Waals surface area contributed by atoms with Crippen molar-refractivity contribution in [3.05, 3.63) is 52.9 Å². The number of hydrogen-bond donors (Lipinski definition) is 1. The number of nitrogens with one attached hydrogen (secondary N) is 1. The summed E-state index contributed by atoms with van der Waals surface area (Å²) in [6.07, 6.45) is 0. The average Bonchev–Trinajstić information content (AvgIpc) is 2.35. The van der Waals surface area contributed by atoms with Gasteiger partial charge in [0, 0.05) is 16.8 Å². The Bertz CT molecular complexity index is 528. The Kier molecular flexibility index (Phi) is 3.99. The van der Waals surface area contributed by atoms with Crippen LogP contribution in [0, 0.1) is 5.82 Å². The summed E-state index contributed by atoms with van der Waals surface area (Å²) in [7, 11) is 1.56. The molecule has 18 heavy (non-hydrogen) atoms. The molecule has 0 saturated heterocycles. The van der Waals surface area contributed by atoms with Crippen molar-refractivity contribution in [2.24, 2.45) is 0 Å². The van der Waals surface area contributed by atoms with Crippen LogP contribution < -0.4 is 10.1 Å². The number of nitrogens with zero attached hydrogens (tertiary/aromatic N) is 1. The van der Waals surface area contributed by atoms with E-state index in [0.717, 1.165) is 5.69 Å². The van der Waals surface area contributed by atoms with Crippen molar-refractivity contribution >= 4 is 17.3 Å². The lowest BCUT2D eigenvalue weighted by Crippen LogP contribution is -2.02. The zero-order valence-corrected chi connectivity index (χ0v) is 10.5. The van der Waals surface area contributed by atoms with Crippen LogP contribution in [0.25, 0.3) is 0 Å². The van der Waals surface area contributed by atoms with Crippen LogP contribution in [0.1, 0.15) is 5.69 Å². The molecule has 94 valence electrons. The maximum Gasteiger partial charge on any atom is 0.213 e. The highest BCUT2D eigenvalue weighted by molar-refractivity contribution is 6.30. The minimum absolute atomic E-state index is 0.358. The van der Waals surface area contributed by atoms with E-state index in [1.165, 1.54) is 12.1 Å². The highest BCUT2D eigenvalue weighted by Gasteiger charge is 2.01. The van der Waals surface area contributed by atoms with Crippen molar-refractivity contribution in [3.8, 4) is 5.88 Å². The Labute approximate surface area is 110 Å². The monoisotopic (exact) mass is 266 g/mol. The zero-order chi connectivity index (χ0) is 13.0. The van der Waals surface area contributed by atoms with E-state index in [0.29, 0.717) is 23.1 Å². The predicted molar refractivity (Wildman–Crippen MR) is 69.5 cm³/mol. The summed E-state index contributed by atoms with van der Waals surface area (Å²) in [5.74, 6) is 0.176. The van der Waals surface area contributed by atoms with Crippen LogP contribution in [-0.2, 0) is 6.54 Å². The van der Waals surface area contributed by atoms with Gasteiger partial charge >= 0.3 is 0 Å². The Morgan fingerprint density at radius 1 is 1.33 bits per heavy atom. The third-order valence-corrected chi connectivity index (χ3v) is 2.54. The molecule has 0 radical (unpaired) electrons. The summed E-state index contributed by atoms with van der Waals surface area (Å²) in [6.45, 7) is 0.469. The van der Waals surface area contributed by atoms with E-state index in [-0.39, 0.29) is 5.82 Å². The van der Waals surface area contributed by atoms with Gasteiger partial charge in [0.15, 0.2) is 0 Å². The second-order valence-corrected chi connectivity index (χ2v) is 4.12. The molecular formula is C13H12ClFN2O. The predicted octanol–water partition coefficient (Wildman–Crippen LogP) is 3.49. The number of hydrogen-bond acceptors (Lipinski definition) is 3. The summed E-state index contributed by atoms with van der Waals surface area (Å²) in [5, 5.41) is 3.41. The van der Waals surface area contributed by atoms with Crippen molar-refractivity contribution < 1.29 is 9.13 Å². The average molecular weight is 267 g/mol. The lowest BCUT2D eigenvalue weighted by atomic mass is 10.3. The summed E-state index contributed by atoms with van der Waals surface area (Å²) in [6, 6.07) is 9.77. The molecule has 3 nitrogen and oxygen atoms in total. The Hall–Kier alpha value is -1.81. The molecule has 0 atom stereocenters. The lowest BCUT2D eigenvalue weighted by molar-refractivity contribution is 0.396. The fraction of sp³-hybridized carbons (Fsp3) is 0.154. The van der Waals surface area contributed by atoms with Gasteiger partial charge in [0.25, 0.3) is 0 Å². The van der Waals surface area contributed by atoms with Gasteiger partial charge in [-0.3, -0.25) is 0 Å². The van der Waals surface area contributed by atoms with Crippen molar-refractivity contribution in [2.75, 3.05) is 12.4 Å². The number of aromatic nitrogens is 1. The van der Waals surface area contributed by atoms with E-state index in [4.69, 9.17) is 16.3 Å². The van der Waals surface area contributed by atoms with Gasteiger partial charge in [0.1, 0.15) is 5.82 Å². The molecule has 0 bridgehead atoms. The molecule has 0 aliphatic heterocycles. The second-order valence-electron chi connectivity index (χ2n) is 3.68. The highest BCUT2D eigenvalue weighted by Crippen LogP contribution is 2.18. The van der Waals surface area contributed by atoms with Crippen LogP contribution in [0.2, 0.25) is 5.02 Å². The summed E-state index contributed by atoms with van der Waals surface area (Å²) >= 11 is 5.76. The molecule has 0 aliphatic carbocycles. The molecule has 0 amide bonds. The van der Waals surface area contributed by atoms with Gasteiger partial charge in [-0.2, -0.15) is 0 Å². The molecule has 0 fully saturated rings. The van der Waals surface area contributed by atoms with Crippen LogP contribution >= 0.6 is 11.6 Å². The first-order chi connectivity index (χ1) is 8.67. The van der Waals surface area contributed by atoms with Crippen molar-refractivity contribution in [1.82, 2.24) is 4.98 Å². The number of benzene rings is 1. The quantitative estimate of drug-likeness (QED) is 0.920. The molecule has 1 aromatic heterocycles. The maximum atomic E-state index is 13.1. The number of halogens is 2. The maximum absolute atomic E-state index is 13.1. The van der Waals surface area contributed by atoms with E-state index in [1.807, 2.05) is 12.1 Å². The number of anilines is 1. The summed E-state index contributed by atoms with van der Waals surface area (Å²) < 4.78 is 18.1. The molecule has 0 saturated carbocycles. The Morgan fingerprint density at radius 3 is 2.89 bits per heavy atom. The van der Waals surface area contributed by atoms with Crippen LogP contribution in [0.15, 0.2) is 36.4 Å². The molecule has 1 aromatic carbocycles. The minimum Gasteiger partial charge on any atom is -0.481 e. The first kappa shape index (κ1) is 12.6. The largest absolute Gasteiger partial charge is 0.481 e.